The molecule has 1 saturated heterocycles. The fourth-order valence-corrected chi connectivity index (χ4v) is 3.09. The SMILES string of the molecule is Cc1c(Oc2cnc(C(F)(F)F)c(C)c2B2OC(C)(C)C(C)(C)O2)ccc(F)c1F. The molecule has 0 bridgehead atoms. The number of hydrogen-bond donors (Lipinski definition) is 0. The average Bonchev–Trinajstić information content (AvgIpc) is 2.81. The summed E-state index contributed by atoms with van der Waals surface area (Å²) in [6.45, 7) is 9.57. The van der Waals surface area contributed by atoms with Gasteiger partial charge in [0.05, 0.1) is 17.4 Å². The third-order valence-corrected chi connectivity index (χ3v) is 5.60. The van der Waals surface area contributed by atoms with E-state index < -0.39 is 41.8 Å². The van der Waals surface area contributed by atoms with Crippen LogP contribution in [0.1, 0.15) is 44.5 Å². The van der Waals surface area contributed by atoms with Crippen LogP contribution < -0.4 is 10.2 Å². The largest absolute Gasteiger partial charge is 0.499 e. The van der Waals surface area contributed by atoms with Crippen molar-refractivity contribution < 1.29 is 36.0 Å². The van der Waals surface area contributed by atoms with E-state index in [0.29, 0.717) is 0 Å². The van der Waals surface area contributed by atoms with Gasteiger partial charge in [0, 0.05) is 11.0 Å². The average molecular weight is 429 g/mol. The summed E-state index contributed by atoms with van der Waals surface area (Å²) in [5.74, 6) is -2.34. The van der Waals surface area contributed by atoms with Crippen LogP contribution in [0.25, 0.3) is 0 Å². The van der Waals surface area contributed by atoms with Gasteiger partial charge < -0.3 is 14.0 Å². The first kappa shape index (κ1) is 22.5. The molecule has 1 aromatic heterocycles. The fraction of sp³-hybridized carbons (Fsp3) is 0.450. The lowest BCUT2D eigenvalue weighted by Gasteiger charge is -2.32. The van der Waals surface area contributed by atoms with Crippen LogP contribution in [0.15, 0.2) is 18.3 Å². The molecule has 2 heterocycles. The summed E-state index contributed by atoms with van der Waals surface area (Å²) in [6, 6.07) is 2.06. The van der Waals surface area contributed by atoms with Crippen molar-refractivity contribution in [1.29, 1.82) is 0 Å². The van der Waals surface area contributed by atoms with Gasteiger partial charge in [-0.1, -0.05) is 0 Å². The van der Waals surface area contributed by atoms with Gasteiger partial charge >= 0.3 is 13.3 Å². The summed E-state index contributed by atoms with van der Waals surface area (Å²) >= 11 is 0. The van der Waals surface area contributed by atoms with E-state index in [2.05, 4.69) is 4.98 Å². The van der Waals surface area contributed by atoms with Crippen LogP contribution in [-0.4, -0.2) is 23.3 Å². The van der Waals surface area contributed by atoms with Crippen molar-refractivity contribution in [2.45, 2.75) is 58.9 Å². The van der Waals surface area contributed by atoms with Crippen LogP contribution >= 0.6 is 0 Å². The van der Waals surface area contributed by atoms with E-state index in [1.807, 2.05) is 0 Å². The van der Waals surface area contributed by atoms with Crippen molar-refractivity contribution in [1.82, 2.24) is 4.98 Å². The topological polar surface area (TPSA) is 40.6 Å². The van der Waals surface area contributed by atoms with Gasteiger partial charge in [-0.25, -0.2) is 13.8 Å². The Morgan fingerprint density at radius 1 is 0.933 bits per heavy atom. The zero-order valence-electron chi connectivity index (χ0n) is 17.4. The number of pyridine rings is 1. The lowest BCUT2D eigenvalue weighted by atomic mass is 9.75. The summed E-state index contributed by atoms with van der Waals surface area (Å²) in [4.78, 5) is 3.49. The maximum Gasteiger partial charge on any atom is 0.499 e. The summed E-state index contributed by atoms with van der Waals surface area (Å²) in [7, 11) is -1.18. The predicted molar refractivity (Wildman–Crippen MR) is 101 cm³/mol. The van der Waals surface area contributed by atoms with E-state index in [9.17, 15) is 22.0 Å². The van der Waals surface area contributed by atoms with Crippen molar-refractivity contribution >= 4 is 12.6 Å². The first-order chi connectivity index (χ1) is 13.7. The highest BCUT2D eigenvalue weighted by Crippen LogP contribution is 2.39. The van der Waals surface area contributed by atoms with Gasteiger partial charge in [-0.15, -0.1) is 0 Å². The van der Waals surface area contributed by atoms with Gasteiger partial charge in [-0.2, -0.15) is 13.2 Å². The summed E-state index contributed by atoms with van der Waals surface area (Å²) in [6.07, 6.45) is -3.82. The highest BCUT2D eigenvalue weighted by molar-refractivity contribution is 6.63. The smallest absolute Gasteiger partial charge is 0.456 e. The number of alkyl halides is 3. The third-order valence-electron chi connectivity index (χ3n) is 5.60. The Kier molecular flexibility index (Phi) is 5.39. The van der Waals surface area contributed by atoms with Crippen LogP contribution in [0.2, 0.25) is 0 Å². The van der Waals surface area contributed by atoms with Gasteiger partial charge in [0.1, 0.15) is 17.2 Å². The highest BCUT2D eigenvalue weighted by atomic mass is 19.4. The first-order valence-corrected chi connectivity index (χ1v) is 9.20. The Hall–Kier alpha value is -2.20. The Bertz CT molecular complexity index is 975. The van der Waals surface area contributed by atoms with Gasteiger partial charge in [0.2, 0.25) is 0 Å². The molecule has 0 unspecified atom stereocenters. The molecule has 30 heavy (non-hydrogen) atoms. The van der Waals surface area contributed by atoms with Crippen molar-refractivity contribution in [3.05, 3.63) is 46.8 Å². The number of nitrogens with zero attached hydrogens (tertiary/aromatic N) is 1. The molecule has 1 aliphatic rings. The minimum Gasteiger partial charge on any atom is -0.456 e. The molecule has 0 amide bonds. The van der Waals surface area contributed by atoms with Crippen molar-refractivity contribution in [2.24, 2.45) is 0 Å². The molecular weight excluding hydrogens is 408 g/mol. The van der Waals surface area contributed by atoms with Gasteiger partial charge in [0.15, 0.2) is 11.6 Å². The second-order valence-corrected chi connectivity index (χ2v) is 8.18. The molecule has 0 aliphatic carbocycles. The number of ether oxygens (including phenoxy) is 1. The molecular formula is C20H21BF5NO3. The number of hydrogen-bond acceptors (Lipinski definition) is 4. The zero-order valence-corrected chi connectivity index (χ0v) is 17.4. The second-order valence-electron chi connectivity index (χ2n) is 8.18. The highest BCUT2D eigenvalue weighted by Gasteiger charge is 2.54. The first-order valence-electron chi connectivity index (χ1n) is 9.20. The number of benzene rings is 1. The lowest BCUT2D eigenvalue weighted by Crippen LogP contribution is -2.41. The van der Waals surface area contributed by atoms with E-state index in [1.165, 1.54) is 19.9 Å². The van der Waals surface area contributed by atoms with Gasteiger partial charge in [-0.3, -0.25) is 0 Å². The molecule has 162 valence electrons. The Morgan fingerprint density at radius 2 is 1.50 bits per heavy atom. The number of aromatic nitrogens is 1. The van der Waals surface area contributed by atoms with Crippen molar-refractivity contribution in [3.8, 4) is 11.5 Å². The van der Waals surface area contributed by atoms with Crippen molar-refractivity contribution in [3.63, 3.8) is 0 Å². The van der Waals surface area contributed by atoms with E-state index in [4.69, 9.17) is 14.0 Å². The number of rotatable bonds is 3. The normalized spacial score (nSPS) is 18.0. The molecule has 0 atom stereocenters. The molecule has 0 N–H and O–H groups in total. The fourth-order valence-electron chi connectivity index (χ4n) is 3.09. The standard InChI is InChI=1S/C20H21BF5NO3/c1-10-13(8-7-12(22)16(10)23)28-14-9-27-17(20(24,25)26)11(2)15(14)21-29-18(3,4)19(5,6)30-21/h7-9H,1-6H3. The van der Waals surface area contributed by atoms with Crippen LogP contribution in [0.3, 0.4) is 0 Å². The molecule has 2 aromatic rings. The minimum atomic E-state index is -4.71. The quantitative estimate of drug-likeness (QED) is 0.504. The van der Waals surface area contributed by atoms with E-state index in [-0.39, 0.29) is 28.1 Å². The maximum absolute atomic E-state index is 13.9. The van der Waals surface area contributed by atoms with Gasteiger partial charge in [0.25, 0.3) is 0 Å². The van der Waals surface area contributed by atoms with Crippen molar-refractivity contribution in [2.75, 3.05) is 0 Å². The lowest BCUT2D eigenvalue weighted by molar-refractivity contribution is -0.141. The van der Waals surface area contributed by atoms with E-state index in [0.717, 1.165) is 12.3 Å². The molecule has 0 spiro atoms. The molecule has 10 heteroatoms. The monoisotopic (exact) mass is 429 g/mol. The summed E-state index contributed by atoms with van der Waals surface area (Å²) in [5.41, 5.74) is -3.13. The summed E-state index contributed by atoms with van der Waals surface area (Å²) in [5, 5.41) is 0. The van der Waals surface area contributed by atoms with Crippen LogP contribution in [0, 0.1) is 25.5 Å². The zero-order chi connectivity index (χ0) is 22.6. The number of halogens is 5. The van der Waals surface area contributed by atoms with Crippen LogP contribution in [0.4, 0.5) is 22.0 Å². The minimum absolute atomic E-state index is 0.0138. The Labute approximate surface area is 171 Å². The van der Waals surface area contributed by atoms with E-state index >= 15 is 0 Å². The Morgan fingerprint density at radius 3 is 2.03 bits per heavy atom. The summed E-state index contributed by atoms with van der Waals surface area (Å²) < 4.78 is 85.3. The second kappa shape index (κ2) is 7.20. The molecule has 3 rings (SSSR count). The van der Waals surface area contributed by atoms with Crippen LogP contribution in [-0.2, 0) is 15.5 Å². The molecule has 1 fully saturated rings. The molecule has 1 aliphatic heterocycles. The maximum atomic E-state index is 13.9. The van der Waals surface area contributed by atoms with E-state index in [1.54, 1.807) is 27.7 Å². The predicted octanol–water partition coefficient (Wildman–Crippen LogP) is 5.09. The molecule has 1 aromatic carbocycles. The molecule has 0 saturated carbocycles. The Balaban J connectivity index is 2.15. The molecule has 0 radical (unpaired) electrons. The van der Waals surface area contributed by atoms with Crippen LogP contribution in [0.5, 0.6) is 11.5 Å². The molecule has 4 nitrogen and oxygen atoms in total. The third kappa shape index (κ3) is 3.78. The van der Waals surface area contributed by atoms with Gasteiger partial charge in [-0.05, 0) is 59.2 Å².